The Kier molecular flexibility index (Phi) is 14.6. The van der Waals surface area contributed by atoms with E-state index in [2.05, 4.69) is 6.92 Å². The van der Waals surface area contributed by atoms with Gasteiger partial charge in [0.1, 0.15) is 0 Å². The molecule has 1 atom stereocenters. The Morgan fingerprint density at radius 2 is 1.65 bits per heavy atom. The molecule has 0 fully saturated rings. The Balaban J connectivity index is 3.69. The zero-order valence-electron chi connectivity index (χ0n) is 14.5. The van der Waals surface area contributed by atoms with Gasteiger partial charge < -0.3 is 5.11 Å². The summed E-state index contributed by atoms with van der Waals surface area (Å²) in [5, 5.41) is 19.6. The molecule has 0 saturated heterocycles. The molecule has 0 amide bonds. The molecule has 0 aliphatic heterocycles. The van der Waals surface area contributed by atoms with Crippen molar-refractivity contribution in [2.75, 3.05) is 0 Å². The summed E-state index contributed by atoms with van der Waals surface area (Å²) in [5.41, 5.74) is 0. The molecule has 1 N–H and O–H groups in total. The summed E-state index contributed by atoms with van der Waals surface area (Å²) >= 11 is 0. The standard InChI is InChI=1S/C18H33NO4/c1-2-3-4-5-8-11-14-17(19(22)23)15-12-9-6-7-10-13-16-18(20)21/h12,15,17H,2-11,13-14,16H2,1H3,(H,20,21). The fourth-order valence-corrected chi connectivity index (χ4v) is 2.55. The van der Waals surface area contributed by atoms with Crippen molar-refractivity contribution >= 4 is 5.97 Å². The average Bonchev–Trinajstić information content (AvgIpc) is 2.50. The minimum Gasteiger partial charge on any atom is -0.481 e. The number of rotatable bonds is 16. The van der Waals surface area contributed by atoms with Crippen molar-refractivity contribution in [3.63, 3.8) is 0 Å². The fourth-order valence-electron chi connectivity index (χ4n) is 2.55. The summed E-state index contributed by atoms with van der Waals surface area (Å²) in [5.74, 6) is -0.742. The number of allylic oxidation sites excluding steroid dienone is 1. The van der Waals surface area contributed by atoms with Gasteiger partial charge in [-0.05, 0) is 31.8 Å². The van der Waals surface area contributed by atoms with Gasteiger partial charge in [-0.3, -0.25) is 14.9 Å². The van der Waals surface area contributed by atoms with Crippen LogP contribution in [0.2, 0.25) is 0 Å². The number of unbranched alkanes of at least 4 members (excludes halogenated alkanes) is 9. The van der Waals surface area contributed by atoms with Crippen molar-refractivity contribution in [1.82, 2.24) is 0 Å². The first-order valence-electron chi connectivity index (χ1n) is 9.09. The second-order valence-corrected chi connectivity index (χ2v) is 6.18. The molecule has 134 valence electrons. The lowest BCUT2D eigenvalue weighted by atomic mass is 10.0. The summed E-state index contributed by atoms with van der Waals surface area (Å²) in [4.78, 5) is 21.2. The predicted octanol–water partition coefficient (Wildman–Crippen LogP) is 5.36. The number of hydrogen-bond donors (Lipinski definition) is 1. The van der Waals surface area contributed by atoms with Gasteiger partial charge >= 0.3 is 5.97 Å². The Labute approximate surface area is 140 Å². The van der Waals surface area contributed by atoms with E-state index in [0.29, 0.717) is 12.8 Å². The van der Waals surface area contributed by atoms with Gasteiger partial charge in [0.2, 0.25) is 6.04 Å². The minimum atomic E-state index is -0.742. The topological polar surface area (TPSA) is 80.4 Å². The van der Waals surface area contributed by atoms with Crippen LogP contribution < -0.4 is 0 Å². The maximum absolute atomic E-state index is 11.0. The van der Waals surface area contributed by atoms with E-state index in [-0.39, 0.29) is 11.3 Å². The molecule has 0 aliphatic carbocycles. The fraction of sp³-hybridized carbons (Fsp3) is 0.833. The second-order valence-electron chi connectivity index (χ2n) is 6.18. The Bertz CT molecular complexity index is 342. The largest absolute Gasteiger partial charge is 0.481 e. The van der Waals surface area contributed by atoms with E-state index in [1.165, 1.54) is 25.7 Å². The molecule has 0 aromatic heterocycles. The van der Waals surface area contributed by atoms with E-state index < -0.39 is 12.0 Å². The highest BCUT2D eigenvalue weighted by molar-refractivity contribution is 5.66. The van der Waals surface area contributed by atoms with Gasteiger partial charge in [0, 0.05) is 17.8 Å². The van der Waals surface area contributed by atoms with Crippen molar-refractivity contribution in [2.45, 2.75) is 96.4 Å². The SMILES string of the molecule is CCCCCCCCC(C=CCCCCCCC(=O)O)[N+](=O)[O-]. The van der Waals surface area contributed by atoms with Crippen LogP contribution in [0.1, 0.15) is 90.4 Å². The summed E-state index contributed by atoms with van der Waals surface area (Å²) in [6.07, 6.45) is 15.8. The van der Waals surface area contributed by atoms with Gasteiger partial charge in [-0.1, -0.05) is 57.9 Å². The molecule has 1 unspecified atom stereocenters. The monoisotopic (exact) mass is 327 g/mol. The van der Waals surface area contributed by atoms with Crippen molar-refractivity contribution in [2.24, 2.45) is 0 Å². The summed E-state index contributed by atoms with van der Waals surface area (Å²) < 4.78 is 0. The first-order chi connectivity index (χ1) is 11.1. The third-order valence-electron chi connectivity index (χ3n) is 3.99. The van der Waals surface area contributed by atoms with Gasteiger partial charge in [-0.15, -0.1) is 0 Å². The molecule has 5 heteroatoms. The highest BCUT2D eigenvalue weighted by atomic mass is 16.6. The van der Waals surface area contributed by atoms with Gasteiger partial charge in [-0.25, -0.2) is 0 Å². The normalized spacial score (nSPS) is 12.6. The van der Waals surface area contributed by atoms with Gasteiger partial charge in [0.05, 0.1) is 0 Å². The van der Waals surface area contributed by atoms with E-state index in [4.69, 9.17) is 5.11 Å². The van der Waals surface area contributed by atoms with Gasteiger partial charge in [0.25, 0.3) is 0 Å². The first kappa shape index (κ1) is 21.6. The van der Waals surface area contributed by atoms with Crippen molar-refractivity contribution in [3.05, 3.63) is 22.3 Å². The predicted molar refractivity (Wildman–Crippen MR) is 93.3 cm³/mol. The summed E-state index contributed by atoms with van der Waals surface area (Å²) in [7, 11) is 0. The molecule has 0 radical (unpaired) electrons. The van der Waals surface area contributed by atoms with Crippen LogP contribution in [0.3, 0.4) is 0 Å². The van der Waals surface area contributed by atoms with Crippen LogP contribution in [-0.4, -0.2) is 22.0 Å². The van der Waals surface area contributed by atoms with E-state index >= 15 is 0 Å². The van der Waals surface area contributed by atoms with E-state index in [0.717, 1.165) is 38.5 Å². The number of nitro groups is 1. The number of nitrogens with zero attached hydrogens (tertiary/aromatic N) is 1. The number of hydrogen-bond acceptors (Lipinski definition) is 3. The molecule has 0 spiro atoms. The van der Waals surface area contributed by atoms with Crippen LogP contribution >= 0.6 is 0 Å². The molecular formula is C18H33NO4. The van der Waals surface area contributed by atoms with Crippen LogP contribution in [0.25, 0.3) is 0 Å². The molecule has 5 nitrogen and oxygen atoms in total. The summed E-state index contributed by atoms with van der Waals surface area (Å²) in [6.45, 7) is 2.18. The zero-order valence-corrected chi connectivity index (χ0v) is 14.5. The van der Waals surface area contributed by atoms with Crippen LogP contribution in [-0.2, 0) is 4.79 Å². The lowest BCUT2D eigenvalue weighted by Gasteiger charge is -2.05. The minimum absolute atomic E-state index is 0.185. The molecule has 23 heavy (non-hydrogen) atoms. The second kappa shape index (κ2) is 15.5. The number of carbonyl (C=O) groups is 1. The third-order valence-corrected chi connectivity index (χ3v) is 3.99. The number of carboxylic acids is 1. The zero-order chi connectivity index (χ0) is 17.3. The molecule has 0 bridgehead atoms. The van der Waals surface area contributed by atoms with E-state index in [1.54, 1.807) is 6.08 Å². The smallest absolute Gasteiger partial charge is 0.303 e. The maximum Gasteiger partial charge on any atom is 0.303 e. The lowest BCUT2D eigenvalue weighted by Crippen LogP contribution is -2.16. The number of aliphatic carboxylic acids is 1. The van der Waals surface area contributed by atoms with Crippen molar-refractivity contribution in [1.29, 1.82) is 0 Å². The van der Waals surface area contributed by atoms with Crippen LogP contribution in [0, 0.1) is 10.1 Å². The Morgan fingerprint density at radius 1 is 1.04 bits per heavy atom. The van der Waals surface area contributed by atoms with E-state index in [1.807, 2.05) is 6.08 Å². The molecular weight excluding hydrogens is 294 g/mol. The molecule has 0 aromatic rings. The van der Waals surface area contributed by atoms with Crippen LogP contribution in [0.4, 0.5) is 0 Å². The number of carboxylic acid groups (broad SMARTS) is 1. The lowest BCUT2D eigenvalue weighted by molar-refractivity contribution is -0.510. The molecule has 0 aromatic carbocycles. The van der Waals surface area contributed by atoms with Crippen molar-refractivity contribution < 1.29 is 14.8 Å². The summed E-state index contributed by atoms with van der Waals surface area (Å²) in [6, 6.07) is -0.548. The average molecular weight is 327 g/mol. The van der Waals surface area contributed by atoms with Gasteiger partial charge in [0.15, 0.2) is 0 Å². The first-order valence-corrected chi connectivity index (χ1v) is 9.09. The molecule has 0 saturated carbocycles. The molecule has 0 rings (SSSR count). The van der Waals surface area contributed by atoms with Crippen LogP contribution in [0.15, 0.2) is 12.2 Å². The maximum atomic E-state index is 11.0. The quantitative estimate of drug-likeness (QED) is 0.179. The van der Waals surface area contributed by atoms with E-state index in [9.17, 15) is 14.9 Å². The third kappa shape index (κ3) is 15.3. The molecule has 0 aliphatic rings. The van der Waals surface area contributed by atoms with Crippen LogP contribution in [0.5, 0.6) is 0 Å². The Hall–Kier alpha value is -1.39. The highest BCUT2D eigenvalue weighted by Gasteiger charge is 2.14. The Morgan fingerprint density at radius 3 is 2.30 bits per heavy atom. The van der Waals surface area contributed by atoms with Gasteiger partial charge in [-0.2, -0.15) is 0 Å². The molecule has 0 heterocycles. The van der Waals surface area contributed by atoms with Crippen molar-refractivity contribution in [3.8, 4) is 0 Å². The highest BCUT2D eigenvalue weighted by Crippen LogP contribution is 2.12.